The summed E-state index contributed by atoms with van der Waals surface area (Å²) in [6, 6.07) is 6.43. The number of aliphatic imine (C=N–C) groups is 1. The molecule has 0 bridgehead atoms. The summed E-state index contributed by atoms with van der Waals surface area (Å²) in [7, 11) is 0. The normalized spacial score (nSPS) is 16.4. The van der Waals surface area contributed by atoms with Gasteiger partial charge in [-0.2, -0.15) is 0 Å². The van der Waals surface area contributed by atoms with Gasteiger partial charge in [0.25, 0.3) is 5.79 Å². The van der Waals surface area contributed by atoms with Gasteiger partial charge in [-0.05, 0) is 30.7 Å². The number of nitrogens with zero attached hydrogens (tertiary/aromatic N) is 1. The van der Waals surface area contributed by atoms with Crippen LogP contribution in [0.3, 0.4) is 0 Å². The van der Waals surface area contributed by atoms with E-state index in [1.54, 1.807) is 24.3 Å². The topological polar surface area (TPSA) is 91.3 Å². The molecule has 0 spiro atoms. The van der Waals surface area contributed by atoms with Gasteiger partial charge in [-0.1, -0.05) is 45.4 Å². The van der Waals surface area contributed by atoms with Gasteiger partial charge in [0.15, 0.2) is 5.92 Å². The lowest BCUT2D eigenvalue weighted by Crippen LogP contribution is -2.46. The molecule has 1 heterocycles. The zero-order valence-corrected chi connectivity index (χ0v) is 18.0. The van der Waals surface area contributed by atoms with Crippen molar-refractivity contribution < 1.29 is 28.6 Å². The fourth-order valence-electron chi connectivity index (χ4n) is 3.00. The van der Waals surface area contributed by atoms with E-state index in [2.05, 4.69) is 11.9 Å². The van der Waals surface area contributed by atoms with Crippen LogP contribution in [-0.2, 0) is 23.8 Å². The van der Waals surface area contributed by atoms with Crippen LogP contribution in [-0.4, -0.2) is 36.5 Å². The van der Waals surface area contributed by atoms with Crippen LogP contribution in [0.2, 0.25) is 0 Å². The van der Waals surface area contributed by atoms with Gasteiger partial charge in [-0.3, -0.25) is 14.6 Å². The molecule has 0 radical (unpaired) electrons. The lowest BCUT2D eigenvalue weighted by molar-refractivity contribution is -0.235. The molecule has 30 heavy (non-hydrogen) atoms. The number of hydrogen-bond donors (Lipinski definition) is 0. The smallest absolute Gasteiger partial charge is 0.338 e. The maximum Gasteiger partial charge on any atom is 0.338 e. The second kappa shape index (κ2) is 11.5. The molecule has 0 unspecified atom stereocenters. The van der Waals surface area contributed by atoms with Crippen molar-refractivity contribution in [2.24, 2.45) is 10.9 Å². The van der Waals surface area contributed by atoms with Crippen LogP contribution in [0.5, 0.6) is 0 Å². The Morgan fingerprint density at radius 3 is 2.17 bits per heavy atom. The molecule has 2 rings (SSSR count). The van der Waals surface area contributed by atoms with Gasteiger partial charge in [-0.15, -0.1) is 0 Å². The number of cyclic esters (lactones) is 2. The Labute approximate surface area is 177 Å². The van der Waals surface area contributed by atoms with E-state index in [-0.39, 0.29) is 5.97 Å². The third kappa shape index (κ3) is 7.61. The molecule has 1 aliphatic rings. The van der Waals surface area contributed by atoms with Crippen LogP contribution in [0, 0.1) is 5.92 Å². The molecule has 0 amide bonds. The predicted molar refractivity (Wildman–Crippen MR) is 113 cm³/mol. The van der Waals surface area contributed by atoms with Crippen molar-refractivity contribution in [2.75, 3.05) is 6.61 Å². The first kappa shape index (κ1) is 23.6. The highest BCUT2D eigenvalue weighted by atomic mass is 16.7. The molecule has 0 aliphatic carbocycles. The minimum Gasteiger partial charge on any atom is -0.462 e. The van der Waals surface area contributed by atoms with Crippen LogP contribution in [0.4, 0.5) is 5.69 Å². The minimum atomic E-state index is -1.27. The fraction of sp³-hybridized carbons (Fsp3) is 0.565. The number of esters is 3. The monoisotopic (exact) mass is 417 g/mol. The van der Waals surface area contributed by atoms with Gasteiger partial charge in [0.2, 0.25) is 0 Å². The summed E-state index contributed by atoms with van der Waals surface area (Å²) in [5.41, 5.74) is 0.916. The Hall–Kier alpha value is -2.70. The summed E-state index contributed by atoms with van der Waals surface area (Å²) in [5.74, 6) is -4.26. The molecule has 164 valence electrons. The summed E-state index contributed by atoms with van der Waals surface area (Å²) in [5, 5.41) is 0. The number of carbonyl (C=O) groups is 3. The number of hydrogen-bond acceptors (Lipinski definition) is 7. The van der Waals surface area contributed by atoms with Gasteiger partial charge in [0, 0.05) is 20.1 Å². The Kier molecular flexibility index (Phi) is 9.02. The zero-order chi connectivity index (χ0) is 22.0. The second-order valence-corrected chi connectivity index (χ2v) is 7.80. The number of benzene rings is 1. The quantitative estimate of drug-likeness (QED) is 0.223. The molecular formula is C23H31NO6. The van der Waals surface area contributed by atoms with E-state index in [0.29, 0.717) is 17.9 Å². The number of carbonyl (C=O) groups excluding carboxylic acids is 3. The van der Waals surface area contributed by atoms with E-state index < -0.39 is 23.6 Å². The fourth-order valence-corrected chi connectivity index (χ4v) is 3.00. The van der Waals surface area contributed by atoms with Gasteiger partial charge in [0.05, 0.1) is 17.9 Å². The van der Waals surface area contributed by atoms with E-state index in [0.717, 1.165) is 12.8 Å². The van der Waals surface area contributed by atoms with E-state index in [1.165, 1.54) is 52.2 Å². The summed E-state index contributed by atoms with van der Waals surface area (Å²) in [6.45, 7) is 5.58. The molecule has 7 heteroatoms. The maximum atomic E-state index is 12.1. The summed E-state index contributed by atoms with van der Waals surface area (Å²) in [4.78, 5) is 40.1. The van der Waals surface area contributed by atoms with Crippen molar-refractivity contribution in [1.29, 1.82) is 0 Å². The van der Waals surface area contributed by atoms with Crippen LogP contribution in [0.25, 0.3) is 0 Å². The van der Waals surface area contributed by atoms with Crippen molar-refractivity contribution in [3.63, 3.8) is 0 Å². The van der Waals surface area contributed by atoms with E-state index in [1.807, 2.05) is 0 Å². The van der Waals surface area contributed by atoms with Crippen molar-refractivity contribution in [1.82, 2.24) is 0 Å². The molecule has 1 aromatic carbocycles. The average molecular weight is 418 g/mol. The van der Waals surface area contributed by atoms with E-state index >= 15 is 0 Å². The van der Waals surface area contributed by atoms with Gasteiger partial charge in [0.1, 0.15) is 0 Å². The van der Waals surface area contributed by atoms with Gasteiger partial charge >= 0.3 is 17.9 Å². The predicted octanol–water partition coefficient (Wildman–Crippen LogP) is 4.75. The van der Waals surface area contributed by atoms with Gasteiger partial charge < -0.3 is 14.2 Å². The lowest BCUT2D eigenvalue weighted by atomic mass is 10.1. The first-order chi connectivity index (χ1) is 14.3. The molecule has 0 aromatic heterocycles. The average Bonchev–Trinajstić information content (AvgIpc) is 2.68. The standard InChI is InChI=1S/C23H31NO6/c1-4-5-6-7-8-9-10-15-28-20(25)17-11-13-18(14-12-17)24-16-19-21(26)29-23(2,3)30-22(19)27/h11-14,16,19H,4-10,15H2,1-3H3. The highest BCUT2D eigenvalue weighted by Crippen LogP contribution is 2.23. The van der Waals surface area contributed by atoms with Crippen LogP contribution in [0.15, 0.2) is 29.3 Å². The highest BCUT2D eigenvalue weighted by molar-refractivity contribution is 6.10. The SMILES string of the molecule is CCCCCCCCCOC(=O)c1ccc(N=CC2C(=O)OC(C)(C)OC2=O)cc1. The van der Waals surface area contributed by atoms with Gasteiger partial charge in [-0.25, -0.2) is 4.79 Å². The number of unbranched alkanes of at least 4 members (excludes halogenated alkanes) is 6. The lowest BCUT2D eigenvalue weighted by Gasteiger charge is -2.31. The molecule has 0 saturated carbocycles. The maximum absolute atomic E-state index is 12.1. The second-order valence-electron chi connectivity index (χ2n) is 7.80. The molecule has 1 fully saturated rings. The van der Waals surface area contributed by atoms with E-state index in [4.69, 9.17) is 14.2 Å². The molecule has 0 atom stereocenters. The Balaban J connectivity index is 1.76. The Morgan fingerprint density at radius 1 is 1.00 bits per heavy atom. The molecule has 0 N–H and O–H groups in total. The van der Waals surface area contributed by atoms with Crippen LogP contribution in [0.1, 0.15) is 76.1 Å². The number of ether oxygens (including phenoxy) is 3. The van der Waals surface area contributed by atoms with Crippen molar-refractivity contribution in [2.45, 2.75) is 71.5 Å². The largest absolute Gasteiger partial charge is 0.462 e. The summed E-state index contributed by atoms with van der Waals surface area (Å²) >= 11 is 0. The first-order valence-electron chi connectivity index (χ1n) is 10.6. The van der Waals surface area contributed by atoms with Crippen LogP contribution < -0.4 is 0 Å². The zero-order valence-electron chi connectivity index (χ0n) is 18.0. The summed E-state index contributed by atoms with van der Waals surface area (Å²) in [6.07, 6.45) is 9.31. The third-order valence-corrected chi connectivity index (χ3v) is 4.66. The molecular weight excluding hydrogens is 386 g/mol. The number of rotatable bonds is 11. The Bertz CT molecular complexity index is 733. The third-order valence-electron chi connectivity index (χ3n) is 4.66. The van der Waals surface area contributed by atoms with Crippen molar-refractivity contribution in [3.8, 4) is 0 Å². The van der Waals surface area contributed by atoms with E-state index in [9.17, 15) is 14.4 Å². The summed E-state index contributed by atoms with van der Waals surface area (Å²) < 4.78 is 15.4. The van der Waals surface area contributed by atoms with Crippen molar-refractivity contribution >= 4 is 29.8 Å². The first-order valence-corrected chi connectivity index (χ1v) is 10.6. The molecule has 1 aromatic rings. The molecule has 1 saturated heterocycles. The van der Waals surface area contributed by atoms with Crippen LogP contribution >= 0.6 is 0 Å². The van der Waals surface area contributed by atoms with Crippen molar-refractivity contribution in [3.05, 3.63) is 29.8 Å². The minimum absolute atomic E-state index is 0.377. The highest BCUT2D eigenvalue weighted by Gasteiger charge is 2.42. The molecule has 7 nitrogen and oxygen atoms in total. The Morgan fingerprint density at radius 2 is 1.57 bits per heavy atom. The molecule has 1 aliphatic heterocycles.